The van der Waals surface area contributed by atoms with E-state index in [9.17, 15) is 4.79 Å². The van der Waals surface area contributed by atoms with Crippen LogP contribution >= 0.6 is 11.8 Å². The maximum Gasteiger partial charge on any atom is 0.155 e. The maximum absolute atomic E-state index is 11.1. The standard InChI is InChI=1S/C10H18OS/c1-5-10(9(4)11)8(3)7-12-6-2/h5-7H2,1-4H3/b10-8-. The van der Waals surface area contributed by atoms with Crippen LogP contribution in [0, 0.1) is 0 Å². The number of Topliss-reactive ketones (excluding diaryl/α,β-unsaturated/α-hetero) is 1. The third-order valence-corrected chi connectivity index (χ3v) is 2.86. The van der Waals surface area contributed by atoms with Crippen molar-refractivity contribution in [2.75, 3.05) is 11.5 Å². The summed E-state index contributed by atoms with van der Waals surface area (Å²) in [5.41, 5.74) is 2.26. The van der Waals surface area contributed by atoms with Crippen molar-refractivity contribution in [1.82, 2.24) is 0 Å². The molecule has 0 aromatic heterocycles. The molecule has 1 nitrogen and oxygen atoms in total. The molecular weight excluding hydrogens is 168 g/mol. The van der Waals surface area contributed by atoms with Crippen LogP contribution in [0.2, 0.25) is 0 Å². The number of ketones is 1. The Bertz CT molecular complexity index is 182. The fourth-order valence-electron chi connectivity index (χ4n) is 1.19. The van der Waals surface area contributed by atoms with Crippen molar-refractivity contribution in [1.29, 1.82) is 0 Å². The summed E-state index contributed by atoms with van der Waals surface area (Å²) in [4.78, 5) is 11.1. The average Bonchev–Trinajstić information content (AvgIpc) is 2.01. The Morgan fingerprint density at radius 2 is 1.83 bits per heavy atom. The van der Waals surface area contributed by atoms with E-state index in [2.05, 4.69) is 13.8 Å². The van der Waals surface area contributed by atoms with Gasteiger partial charge in [-0.05, 0) is 31.6 Å². The zero-order valence-corrected chi connectivity index (χ0v) is 9.25. The topological polar surface area (TPSA) is 17.1 Å². The van der Waals surface area contributed by atoms with Crippen molar-refractivity contribution in [3.8, 4) is 0 Å². The van der Waals surface area contributed by atoms with E-state index >= 15 is 0 Å². The van der Waals surface area contributed by atoms with Crippen molar-refractivity contribution >= 4 is 17.5 Å². The summed E-state index contributed by atoms with van der Waals surface area (Å²) in [6, 6.07) is 0. The van der Waals surface area contributed by atoms with Gasteiger partial charge in [0.2, 0.25) is 0 Å². The Labute approximate surface area is 79.6 Å². The summed E-state index contributed by atoms with van der Waals surface area (Å²) < 4.78 is 0. The highest BCUT2D eigenvalue weighted by atomic mass is 32.2. The smallest absolute Gasteiger partial charge is 0.155 e. The Hall–Kier alpha value is -0.240. The SMILES string of the molecule is CCSC/C(C)=C(/CC)C(C)=O. The van der Waals surface area contributed by atoms with Crippen molar-refractivity contribution in [3.63, 3.8) is 0 Å². The lowest BCUT2D eigenvalue weighted by atomic mass is 10.1. The molecule has 0 aromatic rings. The second kappa shape index (κ2) is 6.30. The van der Waals surface area contributed by atoms with E-state index in [0.717, 1.165) is 23.5 Å². The van der Waals surface area contributed by atoms with Crippen LogP contribution in [-0.2, 0) is 4.79 Å². The minimum absolute atomic E-state index is 0.228. The quantitative estimate of drug-likeness (QED) is 0.614. The van der Waals surface area contributed by atoms with Crippen molar-refractivity contribution in [3.05, 3.63) is 11.1 Å². The van der Waals surface area contributed by atoms with E-state index in [1.54, 1.807) is 6.92 Å². The van der Waals surface area contributed by atoms with E-state index in [4.69, 9.17) is 0 Å². The van der Waals surface area contributed by atoms with Gasteiger partial charge in [0, 0.05) is 5.75 Å². The molecule has 0 unspecified atom stereocenters. The van der Waals surface area contributed by atoms with Crippen molar-refractivity contribution < 1.29 is 4.79 Å². The van der Waals surface area contributed by atoms with E-state index < -0.39 is 0 Å². The van der Waals surface area contributed by atoms with Crippen LogP contribution in [0.1, 0.15) is 34.1 Å². The molecule has 70 valence electrons. The van der Waals surface area contributed by atoms with Crippen LogP contribution in [0.5, 0.6) is 0 Å². The van der Waals surface area contributed by atoms with Crippen LogP contribution in [0.15, 0.2) is 11.1 Å². The predicted molar refractivity (Wildman–Crippen MR) is 56.7 cm³/mol. The molecule has 0 bridgehead atoms. The first kappa shape index (κ1) is 11.8. The number of carbonyl (C=O) groups is 1. The van der Waals surface area contributed by atoms with Gasteiger partial charge in [-0.2, -0.15) is 11.8 Å². The molecule has 0 aromatic carbocycles. The number of carbonyl (C=O) groups excluding carboxylic acids is 1. The number of thioether (sulfide) groups is 1. The molecule has 0 N–H and O–H groups in total. The number of rotatable bonds is 5. The number of hydrogen-bond acceptors (Lipinski definition) is 2. The molecule has 0 aliphatic carbocycles. The Morgan fingerprint density at radius 3 is 2.17 bits per heavy atom. The molecule has 0 spiro atoms. The molecule has 12 heavy (non-hydrogen) atoms. The van der Waals surface area contributed by atoms with Gasteiger partial charge in [0.05, 0.1) is 0 Å². The summed E-state index contributed by atoms with van der Waals surface area (Å²) >= 11 is 1.87. The fourth-order valence-corrected chi connectivity index (χ4v) is 1.88. The Kier molecular flexibility index (Phi) is 6.17. The molecule has 0 aliphatic rings. The first-order valence-corrected chi connectivity index (χ1v) is 5.56. The van der Waals surface area contributed by atoms with Gasteiger partial charge >= 0.3 is 0 Å². The lowest BCUT2D eigenvalue weighted by Gasteiger charge is -2.05. The average molecular weight is 186 g/mol. The highest BCUT2D eigenvalue weighted by Crippen LogP contribution is 2.14. The zero-order valence-electron chi connectivity index (χ0n) is 8.44. The van der Waals surface area contributed by atoms with E-state index in [-0.39, 0.29) is 5.78 Å². The highest BCUT2D eigenvalue weighted by Gasteiger charge is 2.04. The minimum Gasteiger partial charge on any atom is -0.295 e. The second-order valence-electron chi connectivity index (χ2n) is 2.81. The lowest BCUT2D eigenvalue weighted by Crippen LogP contribution is -2.00. The molecular formula is C10H18OS. The summed E-state index contributed by atoms with van der Waals surface area (Å²) in [7, 11) is 0. The maximum atomic E-state index is 11.1. The third-order valence-electron chi connectivity index (χ3n) is 1.82. The van der Waals surface area contributed by atoms with Crippen LogP contribution in [0.3, 0.4) is 0 Å². The number of hydrogen-bond donors (Lipinski definition) is 0. The molecule has 0 rings (SSSR count). The van der Waals surface area contributed by atoms with Gasteiger partial charge in [-0.15, -0.1) is 0 Å². The van der Waals surface area contributed by atoms with Crippen LogP contribution in [-0.4, -0.2) is 17.3 Å². The molecule has 0 aliphatic heterocycles. The van der Waals surface area contributed by atoms with E-state index in [1.807, 2.05) is 18.7 Å². The first-order valence-electron chi connectivity index (χ1n) is 4.40. The molecule has 0 saturated heterocycles. The van der Waals surface area contributed by atoms with Gasteiger partial charge in [-0.25, -0.2) is 0 Å². The van der Waals surface area contributed by atoms with Gasteiger partial charge in [0.25, 0.3) is 0 Å². The van der Waals surface area contributed by atoms with Gasteiger partial charge in [0.1, 0.15) is 0 Å². The van der Waals surface area contributed by atoms with Crippen LogP contribution < -0.4 is 0 Å². The molecule has 0 saturated carbocycles. The molecule has 0 fully saturated rings. The van der Waals surface area contributed by atoms with Gasteiger partial charge < -0.3 is 0 Å². The van der Waals surface area contributed by atoms with Gasteiger partial charge in [-0.3, -0.25) is 4.79 Å². The third kappa shape index (κ3) is 3.96. The van der Waals surface area contributed by atoms with E-state index in [0.29, 0.717) is 0 Å². The van der Waals surface area contributed by atoms with E-state index in [1.165, 1.54) is 5.57 Å². The fraction of sp³-hybridized carbons (Fsp3) is 0.700. The van der Waals surface area contributed by atoms with Crippen LogP contribution in [0.4, 0.5) is 0 Å². The summed E-state index contributed by atoms with van der Waals surface area (Å²) in [6.45, 7) is 7.88. The highest BCUT2D eigenvalue weighted by molar-refractivity contribution is 7.99. The first-order chi connectivity index (χ1) is 5.63. The van der Waals surface area contributed by atoms with Crippen molar-refractivity contribution in [2.24, 2.45) is 0 Å². The summed E-state index contributed by atoms with van der Waals surface area (Å²) in [5, 5.41) is 0. The molecule has 0 amide bonds. The Balaban J connectivity index is 4.27. The summed E-state index contributed by atoms with van der Waals surface area (Å²) in [6.07, 6.45) is 0.867. The molecule has 0 heterocycles. The monoisotopic (exact) mass is 186 g/mol. The van der Waals surface area contributed by atoms with Gasteiger partial charge in [-0.1, -0.05) is 19.4 Å². The predicted octanol–water partition coefficient (Wildman–Crippen LogP) is 3.06. The molecule has 0 atom stereocenters. The Morgan fingerprint density at radius 1 is 1.25 bits per heavy atom. The molecule has 0 radical (unpaired) electrons. The second-order valence-corrected chi connectivity index (χ2v) is 4.08. The summed E-state index contributed by atoms with van der Waals surface area (Å²) in [5.74, 6) is 2.34. The van der Waals surface area contributed by atoms with Crippen LogP contribution in [0.25, 0.3) is 0 Å². The number of allylic oxidation sites excluding steroid dienone is 1. The minimum atomic E-state index is 0.228. The molecule has 2 heteroatoms. The normalized spacial score (nSPS) is 12.7. The zero-order chi connectivity index (χ0) is 9.56. The lowest BCUT2D eigenvalue weighted by molar-refractivity contribution is -0.113. The largest absolute Gasteiger partial charge is 0.295 e. The van der Waals surface area contributed by atoms with Crippen molar-refractivity contribution in [2.45, 2.75) is 34.1 Å². The van der Waals surface area contributed by atoms with Gasteiger partial charge in [0.15, 0.2) is 5.78 Å².